The van der Waals surface area contributed by atoms with Gasteiger partial charge < -0.3 is 0 Å². The third-order valence-electron chi connectivity index (χ3n) is 2.96. The molecule has 0 saturated heterocycles. The summed E-state index contributed by atoms with van der Waals surface area (Å²) >= 11 is 0. The Hall–Kier alpha value is -0.520. The maximum Gasteiger partial charge on any atom is -0.0237 e. The Kier molecular flexibility index (Phi) is 5.77. The van der Waals surface area contributed by atoms with Crippen LogP contribution in [0.2, 0.25) is 0 Å². The summed E-state index contributed by atoms with van der Waals surface area (Å²) in [5, 5.41) is 0. The lowest BCUT2D eigenvalue weighted by molar-refractivity contribution is 0.505. The molecule has 0 nitrogen and oxygen atoms in total. The van der Waals surface area contributed by atoms with Crippen LogP contribution < -0.4 is 0 Å². The Balaban J connectivity index is 3.56. The molecule has 2 unspecified atom stereocenters. The van der Waals surface area contributed by atoms with Gasteiger partial charge in [-0.3, -0.25) is 0 Å². The van der Waals surface area contributed by atoms with Crippen molar-refractivity contribution in [3.8, 4) is 0 Å². The molecular weight excluding hydrogens is 156 g/mol. The van der Waals surface area contributed by atoms with E-state index in [9.17, 15) is 0 Å². The van der Waals surface area contributed by atoms with Crippen molar-refractivity contribution in [1.82, 2.24) is 0 Å². The van der Waals surface area contributed by atoms with Gasteiger partial charge in [-0.1, -0.05) is 44.6 Å². The summed E-state index contributed by atoms with van der Waals surface area (Å²) in [5.41, 5.74) is 2.62. The van der Waals surface area contributed by atoms with Gasteiger partial charge in [-0.2, -0.15) is 0 Å². The SMILES string of the molecule is C=C(C)C(C)CCCC(C)C(=C)C. The van der Waals surface area contributed by atoms with Crippen LogP contribution in [-0.4, -0.2) is 0 Å². The molecule has 0 radical (unpaired) electrons. The molecule has 0 aromatic heterocycles. The summed E-state index contributed by atoms with van der Waals surface area (Å²) in [4.78, 5) is 0. The highest BCUT2D eigenvalue weighted by Gasteiger charge is 2.05. The second-order valence-electron chi connectivity index (χ2n) is 4.43. The zero-order valence-corrected chi connectivity index (χ0v) is 9.69. The highest BCUT2D eigenvalue weighted by atomic mass is 14.1. The maximum atomic E-state index is 3.97. The lowest BCUT2D eigenvalue weighted by Gasteiger charge is -2.14. The molecule has 0 saturated carbocycles. The predicted octanol–water partition coefficient (Wildman–Crippen LogP) is 4.58. The van der Waals surface area contributed by atoms with Crippen LogP contribution in [0.4, 0.5) is 0 Å². The van der Waals surface area contributed by atoms with E-state index < -0.39 is 0 Å². The topological polar surface area (TPSA) is 0 Å². The lowest BCUT2D eigenvalue weighted by atomic mass is 9.92. The fourth-order valence-corrected chi connectivity index (χ4v) is 1.22. The molecule has 0 heterocycles. The van der Waals surface area contributed by atoms with E-state index in [0.717, 1.165) is 0 Å². The molecule has 0 aromatic carbocycles. The summed E-state index contributed by atoms with van der Waals surface area (Å²) in [6.45, 7) is 16.7. The van der Waals surface area contributed by atoms with Gasteiger partial charge in [0.2, 0.25) is 0 Å². The zero-order valence-electron chi connectivity index (χ0n) is 9.69. The van der Waals surface area contributed by atoms with Crippen molar-refractivity contribution in [2.45, 2.75) is 47.0 Å². The molecule has 76 valence electrons. The quantitative estimate of drug-likeness (QED) is 0.525. The van der Waals surface area contributed by atoms with Crippen LogP contribution >= 0.6 is 0 Å². The average Bonchev–Trinajstić information content (AvgIpc) is 2.03. The third-order valence-corrected chi connectivity index (χ3v) is 2.96. The van der Waals surface area contributed by atoms with Crippen LogP contribution in [0.15, 0.2) is 24.3 Å². The van der Waals surface area contributed by atoms with Crippen molar-refractivity contribution in [2.24, 2.45) is 11.8 Å². The molecule has 0 aliphatic rings. The van der Waals surface area contributed by atoms with E-state index in [4.69, 9.17) is 0 Å². The largest absolute Gasteiger partial charge is 0.0999 e. The second kappa shape index (κ2) is 6.01. The summed E-state index contributed by atoms with van der Waals surface area (Å²) in [6.07, 6.45) is 3.84. The van der Waals surface area contributed by atoms with Crippen LogP contribution in [0.25, 0.3) is 0 Å². The van der Waals surface area contributed by atoms with Gasteiger partial charge >= 0.3 is 0 Å². The number of hydrogen-bond donors (Lipinski definition) is 0. The molecular formula is C13H24. The fraction of sp³-hybridized carbons (Fsp3) is 0.692. The minimum atomic E-state index is 0.678. The maximum absolute atomic E-state index is 3.97. The first-order valence-electron chi connectivity index (χ1n) is 5.26. The Morgan fingerprint density at radius 2 is 1.23 bits per heavy atom. The Bertz CT molecular complexity index is 156. The van der Waals surface area contributed by atoms with E-state index in [1.165, 1.54) is 30.4 Å². The van der Waals surface area contributed by atoms with E-state index in [1.54, 1.807) is 0 Å². The van der Waals surface area contributed by atoms with E-state index in [-0.39, 0.29) is 0 Å². The minimum Gasteiger partial charge on any atom is -0.0999 e. The van der Waals surface area contributed by atoms with Crippen molar-refractivity contribution < 1.29 is 0 Å². The average molecular weight is 180 g/mol. The molecule has 0 amide bonds. The molecule has 0 aliphatic carbocycles. The van der Waals surface area contributed by atoms with Gasteiger partial charge in [0, 0.05) is 0 Å². The number of rotatable bonds is 6. The van der Waals surface area contributed by atoms with E-state index in [0.29, 0.717) is 11.8 Å². The zero-order chi connectivity index (χ0) is 10.4. The van der Waals surface area contributed by atoms with Crippen molar-refractivity contribution in [3.05, 3.63) is 24.3 Å². The molecule has 0 heteroatoms. The molecule has 0 rings (SSSR count). The van der Waals surface area contributed by atoms with Crippen LogP contribution in [0, 0.1) is 11.8 Å². The summed E-state index contributed by atoms with van der Waals surface area (Å²) in [6, 6.07) is 0. The Labute approximate surface area is 83.7 Å². The highest BCUT2D eigenvalue weighted by molar-refractivity contribution is 4.95. The van der Waals surface area contributed by atoms with Gasteiger partial charge in [0.1, 0.15) is 0 Å². The molecule has 0 aromatic rings. The van der Waals surface area contributed by atoms with Gasteiger partial charge in [-0.05, 0) is 38.5 Å². The van der Waals surface area contributed by atoms with Crippen LogP contribution in [-0.2, 0) is 0 Å². The van der Waals surface area contributed by atoms with Crippen LogP contribution in [0.3, 0.4) is 0 Å². The minimum absolute atomic E-state index is 0.678. The van der Waals surface area contributed by atoms with Gasteiger partial charge in [-0.25, -0.2) is 0 Å². The van der Waals surface area contributed by atoms with Crippen molar-refractivity contribution in [3.63, 3.8) is 0 Å². The summed E-state index contributed by atoms with van der Waals surface area (Å²) in [5.74, 6) is 1.36. The molecule has 13 heavy (non-hydrogen) atoms. The van der Waals surface area contributed by atoms with Gasteiger partial charge in [0.25, 0.3) is 0 Å². The molecule has 2 atom stereocenters. The highest BCUT2D eigenvalue weighted by Crippen LogP contribution is 2.20. The Morgan fingerprint density at radius 3 is 1.46 bits per heavy atom. The Morgan fingerprint density at radius 1 is 0.923 bits per heavy atom. The van der Waals surface area contributed by atoms with Crippen molar-refractivity contribution in [1.29, 1.82) is 0 Å². The second-order valence-corrected chi connectivity index (χ2v) is 4.43. The summed E-state index contributed by atoms with van der Waals surface area (Å²) < 4.78 is 0. The first kappa shape index (κ1) is 12.5. The smallest absolute Gasteiger partial charge is 0.0237 e. The molecule has 0 N–H and O–H groups in total. The fourth-order valence-electron chi connectivity index (χ4n) is 1.22. The van der Waals surface area contributed by atoms with Gasteiger partial charge in [0.05, 0.1) is 0 Å². The van der Waals surface area contributed by atoms with Crippen LogP contribution in [0.5, 0.6) is 0 Å². The van der Waals surface area contributed by atoms with Gasteiger partial charge in [-0.15, -0.1) is 0 Å². The van der Waals surface area contributed by atoms with Gasteiger partial charge in [0.15, 0.2) is 0 Å². The number of allylic oxidation sites excluding steroid dienone is 2. The van der Waals surface area contributed by atoms with Crippen LogP contribution in [0.1, 0.15) is 47.0 Å². The standard InChI is InChI=1S/C13H24/c1-10(2)12(5)8-7-9-13(6)11(3)4/h12-13H,1,3,7-9H2,2,4-6H3. The predicted molar refractivity (Wildman–Crippen MR) is 61.8 cm³/mol. The first-order chi connectivity index (χ1) is 5.95. The van der Waals surface area contributed by atoms with Crippen molar-refractivity contribution >= 4 is 0 Å². The molecule has 0 fully saturated rings. The summed E-state index contributed by atoms with van der Waals surface area (Å²) in [7, 11) is 0. The molecule has 0 aliphatic heterocycles. The lowest BCUT2D eigenvalue weighted by Crippen LogP contribution is -1.99. The van der Waals surface area contributed by atoms with E-state index in [2.05, 4.69) is 40.9 Å². The monoisotopic (exact) mass is 180 g/mol. The molecule has 0 bridgehead atoms. The van der Waals surface area contributed by atoms with E-state index >= 15 is 0 Å². The molecule has 0 spiro atoms. The third kappa shape index (κ3) is 5.68. The van der Waals surface area contributed by atoms with Crippen molar-refractivity contribution in [2.75, 3.05) is 0 Å². The number of hydrogen-bond acceptors (Lipinski definition) is 0. The van der Waals surface area contributed by atoms with E-state index in [1.807, 2.05) is 0 Å². The first-order valence-corrected chi connectivity index (χ1v) is 5.26. The normalized spacial score (nSPS) is 15.1.